The summed E-state index contributed by atoms with van der Waals surface area (Å²) in [5, 5.41) is 6.89. The van der Waals surface area contributed by atoms with Gasteiger partial charge < -0.3 is 25.0 Å². The van der Waals surface area contributed by atoms with Gasteiger partial charge in [-0.2, -0.15) is 0 Å². The lowest BCUT2D eigenvalue weighted by atomic mass is 9.83. The second kappa shape index (κ2) is 14.6. The Morgan fingerprint density at radius 1 is 1.08 bits per heavy atom. The minimum Gasteiger partial charge on any atom is -0.472 e. The molecule has 7 rings (SSSR count). The van der Waals surface area contributed by atoms with Crippen LogP contribution < -0.4 is 20.1 Å². The van der Waals surface area contributed by atoms with E-state index >= 15 is 0 Å². The van der Waals surface area contributed by atoms with Gasteiger partial charge in [0.05, 0.1) is 18.4 Å². The van der Waals surface area contributed by atoms with Gasteiger partial charge in [-0.15, -0.1) is 6.58 Å². The number of pyridine rings is 1. The van der Waals surface area contributed by atoms with Crippen molar-refractivity contribution in [2.45, 2.75) is 120 Å². The van der Waals surface area contributed by atoms with E-state index in [-0.39, 0.29) is 37.3 Å². The molecule has 2 aliphatic heterocycles. The zero-order valence-electron chi connectivity index (χ0n) is 30.6. The number of cyclic esters (lactones) is 1. The molecule has 14 heteroatoms. The minimum absolute atomic E-state index is 0.0296. The van der Waals surface area contributed by atoms with Crippen LogP contribution in [0.4, 0.5) is 4.79 Å². The Bertz CT molecular complexity index is 1890. The fraction of sp³-hybridized carbons (Fsp3) is 0.615. The minimum atomic E-state index is -3.88. The third-order valence-corrected chi connectivity index (χ3v) is 13.6. The molecule has 3 N–H and O–H groups in total. The van der Waals surface area contributed by atoms with E-state index < -0.39 is 68.7 Å². The van der Waals surface area contributed by atoms with Crippen LogP contribution in [-0.4, -0.2) is 84.2 Å². The molecule has 4 amide bonds. The first-order valence-corrected chi connectivity index (χ1v) is 20.6. The standard InChI is InChI=1S/C39H51N5O8S/c1-4-27-21-39(27,36(47)43-53(49,50)29-14-15-29)42-33(45)31-20-28-22-44(31)35(46)32(26-10-6-5-7-11-26)41-37(48)51-23-38(2,3)17-8-9-24-12-13-25-16-18-40-34(52-28)30(25)19-24/h4,12-13,16,18-19,26-29,31-32H,1,5-11,14-15,17,20-23H2,2-3H3,(H,41,48)(H,42,45)(H,43,47)/t27-,28-,31+,32+,39-/m1/s1. The van der Waals surface area contributed by atoms with E-state index in [2.05, 4.69) is 52.9 Å². The van der Waals surface area contributed by atoms with E-state index in [9.17, 15) is 27.6 Å². The summed E-state index contributed by atoms with van der Waals surface area (Å²) in [5.41, 5.74) is -0.723. The number of hydrogen-bond acceptors (Lipinski definition) is 9. The van der Waals surface area contributed by atoms with Crippen LogP contribution in [0.1, 0.15) is 90.0 Å². The third-order valence-electron chi connectivity index (χ3n) is 11.7. The number of aryl methyl sites for hydroxylation is 1. The number of amides is 4. The van der Waals surface area contributed by atoms with Gasteiger partial charge in [0.25, 0.3) is 5.91 Å². The number of fused-ring (bicyclic) bond motifs is 3. The lowest BCUT2D eigenvalue weighted by Crippen LogP contribution is -2.59. The summed E-state index contributed by atoms with van der Waals surface area (Å²) in [6.07, 6.45) is 9.88. The van der Waals surface area contributed by atoms with Gasteiger partial charge >= 0.3 is 6.09 Å². The summed E-state index contributed by atoms with van der Waals surface area (Å²) in [6, 6.07) is 6.07. The van der Waals surface area contributed by atoms with Gasteiger partial charge in [0.15, 0.2) is 0 Å². The molecule has 3 heterocycles. The van der Waals surface area contributed by atoms with Crippen molar-refractivity contribution < 1.29 is 37.1 Å². The molecule has 0 unspecified atom stereocenters. The van der Waals surface area contributed by atoms with Gasteiger partial charge in [0.1, 0.15) is 23.7 Å². The highest BCUT2D eigenvalue weighted by atomic mass is 32.2. The van der Waals surface area contributed by atoms with Gasteiger partial charge in [-0.25, -0.2) is 18.2 Å². The van der Waals surface area contributed by atoms with E-state index in [0.717, 1.165) is 67.7 Å². The number of sulfonamides is 1. The van der Waals surface area contributed by atoms with E-state index in [1.807, 2.05) is 12.1 Å². The lowest BCUT2D eigenvalue weighted by molar-refractivity contribution is -0.142. The Labute approximate surface area is 311 Å². The number of carbonyl (C=O) groups excluding carboxylic acids is 4. The van der Waals surface area contributed by atoms with Crippen molar-refractivity contribution >= 4 is 44.6 Å². The van der Waals surface area contributed by atoms with Gasteiger partial charge in [0.2, 0.25) is 27.7 Å². The van der Waals surface area contributed by atoms with Crippen molar-refractivity contribution in [3.63, 3.8) is 0 Å². The molecule has 5 aliphatic rings. The van der Waals surface area contributed by atoms with Crippen LogP contribution >= 0.6 is 0 Å². The Morgan fingerprint density at radius 2 is 1.85 bits per heavy atom. The van der Waals surface area contributed by atoms with Crippen molar-refractivity contribution in [2.24, 2.45) is 17.3 Å². The Kier molecular flexibility index (Phi) is 10.2. The number of rotatable bonds is 7. The molecule has 4 fully saturated rings. The molecule has 5 atom stereocenters. The van der Waals surface area contributed by atoms with Crippen molar-refractivity contribution in [2.75, 3.05) is 13.2 Å². The number of nitrogens with one attached hydrogen (secondary N) is 3. The second-order valence-electron chi connectivity index (χ2n) is 16.5. The predicted molar refractivity (Wildman–Crippen MR) is 197 cm³/mol. The zero-order chi connectivity index (χ0) is 37.5. The van der Waals surface area contributed by atoms with Crippen LogP contribution in [0.15, 0.2) is 43.1 Å². The highest BCUT2D eigenvalue weighted by Gasteiger charge is 2.62. The molecule has 1 aromatic heterocycles. The van der Waals surface area contributed by atoms with Gasteiger partial charge in [0, 0.05) is 23.9 Å². The topological polar surface area (TPSA) is 173 Å². The summed E-state index contributed by atoms with van der Waals surface area (Å²) >= 11 is 0. The van der Waals surface area contributed by atoms with Crippen LogP contribution in [0.5, 0.6) is 5.88 Å². The summed E-state index contributed by atoms with van der Waals surface area (Å²) in [6.45, 7) is 8.11. The SMILES string of the molecule is C=C[C@@H]1C[C@]1(NC(=O)[C@@H]1C[C@@H]2CN1C(=O)[C@H](C1CCCCC1)NC(=O)OCC(C)(C)CCCc1ccc3ccnc(c3c1)O2)C(=O)NS(=O)(=O)C1CC1. The Balaban J connectivity index is 1.22. The van der Waals surface area contributed by atoms with E-state index in [1.165, 1.54) is 11.0 Å². The normalized spacial score (nSPS) is 29.6. The lowest BCUT2D eigenvalue weighted by Gasteiger charge is -2.35. The largest absolute Gasteiger partial charge is 0.472 e. The molecule has 53 heavy (non-hydrogen) atoms. The maximum atomic E-state index is 14.8. The third kappa shape index (κ3) is 8.02. The van der Waals surface area contributed by atoms with E-state index in [4.69, 9.17) is 9.47 Å². The monoisotopic (exact) mass is 749 g/mol. The number of alkyl carbamates (subject to hydrolysis) is 1. The van der Waals surface area contributed by atoms with Crippen LogP contribution in [0, 0.1) is 17.3 Å². The number of hydrogen-bond donors (Lipinski definition) is 3. The molecule has 3 aliphatic carbocycles. The predicted octanol–water partition coefficient (Wildman–Crippen LogP) is 4.29. The zero-order valence-corrected chi connectivity index (χ0v) is 31.4. The van der Waals surface area contributed by atoms with E-state index in [1.54, 1.807) is 6.20 Å². The molecule has 0 spiro atoms. The molecular formula is C39H51N5O8S. The maximum absolute atomic E-state index is 14.8. The summed E-state index contributed by atoms with van der Waals surface area (Å²) < 4.78 is 40.0. The van der Waals surface area contributed by atoms with Crippen molar-refractivity contribution in [3.05, 3.63) is 48.7 Å². The quantitative estimate of drug-likeness (QED) is 0.349. The molecule has 1 saturated heterocycles. The van der Waals surface area contributed by atoms with Gasteiger partial charge in [-0.05, 0) is 85.8 Å². The van der Waals surface area contributed by atoms with E-state index in [0.29, 0.717) is 18.7 Å². The molecule has 1 aromatic carbocycles. The summed E-state index contributed by atoms with van der Waals surface area (Å²) in [4.78, 5) is 62.1. The average Bonchev–Trinajstić information content (AvgIpc) is 4.06. The number of aromatic nitrogens is 1. The van der Waals surface area contributed by atoms with Crippen LogP contribution in [0.3, 0.4) is 0 Å². The fourth-order valence-corrected chi connectivity index (χ4v) is 9.65. The van der Waals surface area contributed by atoms with Crippen LogP contribution in [0.2, 0.25) is 0 Å². The number of benzene rings is 1. The van der Waals surface area contributed by atoms with Crippen molar-refractivity contribution in [1.29, 1.82) is 0 Å². The highest BCUT2D eigenvalue weighted by Crippen LogP contribution is 2.45. The molecule has 286 valence electrons. The summed E-state index contributed by atoms with van der Waals surface area (Å²) in [7, 11) is -3.88. The number of carbonyl (C=O) groups is 4. The van der Waals surface area contributed by atoms with Crippen molar-refractivity contribution in [3.8, 4) is 5.88 Å². The fourth-order valence-electron chi connectivity index (χ4n) is 8.29. The number of nitrogens with zero attached hydrogens (tertiary/aromatic N) is 2. The smallest absolute Gasteiger partial charge is 0.407 e. The van der Waals surface area contributed by atoms with Crippen LogP contribution in [-0.2, 0) is 35.6 Å². The summed E-state index contributed by atoms with van der Waals surface area (Å²) in [5.74, 6) is -2.12. The van der Waals surface area contributed by atoms with Crippen molar-refractivity contribution in [1.82, 2.24) is 25.2 Å². The second-order valence-corrected chi connectivity index (χ2v) is 18.4. The molecule has 3 saturated carbocycles. The maximum Gasteiger partial charge on any atom is 0.407 e. The number of ether oxygens (including phenoxy) is 2. The molecular weight excluding hydrogens is 699 g/mol. The first-order valence-electron chi connectivity index (χ1n) is 19.1. The van der Waals surface area contributed by atoms with Crippen LogP contribution in [0.25, 0.3) is 10.8 Å². The molecule has 13 nitrogen and oxygen atoms in total. The molecule has 2 aromatic rings. The molecule has 0 radical (unpaired) electrons. The Hall–Kier alpha value is -4.20. The molecule has 4 bridgehead atoms. The van der Waals surface area contributed by atoms with Gasteiger partial charge in [-0.3, -0.25) is 19.1 Å². The average molecular weight is 750 g/mol. The first kappa shape index (κ1) is 37.1. The Morgan fingerprint density at radius 3 is 2.57 bits per heavy atom. The van der Waals surface area contributed by atoms with Gasteiger partial charge in [-0.1, -0.05) is 51.3 Å². The highest BCUT2D eigenvalue weighted by molar-refractivity contribution is 7.91. The first-order chi connectivity index (χ1) is 25.3.